The first-order valence-electron chi connectivity index (χ1n) is 9.27. The van der Waals surface area contributed by atoms with Gasteiger partial charge in [0.05, 0.1) is 30.3 Å². The summed E-state index contributed by atoms with van der Waals surface area (Å²) in [6, 6.07) is 11.4. The van der Waals surface area contributed by atoms with Gasteiger partial charge >= 0.3 is 0 Å². The van der Waals surface area contributed by atoms with Crippen LogP contribution in [0.2, 0.25) is 5.02 Å². The lowest BCUT2D eigenvalue weighted by molar-refractivity contribution is -0.122. The number of carbonyl (C=O) groups is 3. The average molecular weight is 411 g/mol. The van der Waals surface area contributed by atoms with Crippen LogP contribution in [-0.2, 0) is 9.59 Å². The summed E-state index contributed by atoms with van der Waals surface area (Å²) in [5.74, 6) is -0.982. The third-order valence-corrected chi connectivity index (χ3v) is 5.52. The fourth-order valence-corrected chi connectivity index (χ4v) is 3.99. The summed E-state index contributed by atoms with van der Waals surface area (Å²) in [7, 11) is 1.50. The summed E-state index contributed by atoms with van der Waals surface area (Å²) in [4.78, 5) is 39.5. The van der Waals surface area contributed by atoms with Crippen LogP contribution < -0.4 is 15.0 Å². The Morgan fingerprint density at radius 1 is 1.07 bits per heavy atom. The van der Waals surface area contributed by atoms with E-state index in [1.165, 1.54) is 12.0 Å². The number of nitrogens with one attached hydrogen (secondary N) is 1. The normalized spacial score (nSPS) is 20.6. The number of allylic oxidation sites excluding steroid dienone is 2. The topological polar surface area (TPSA) is 75.7 Å². The largest absolute Gasteiger partial charge is 0.495 e. The number of hydrogen-bond acceptors (Lipinski definition) is 4. The van der Waals surface area contributed by atoms with Crippen LogP contribution >= 0.6 is 11.6 Å². The predicted octanol–water partition coefficient (Wildman–Crippen LogP) is 4.06. The number of benzene rings is 2. The molecule has 4 rings (SSSR count). The van der Waals surface area contributed by atoms with Gasteiger partial charge in [0.1, 0.15) is 5.75 Å². The number of carbonyl (C=O) groups excluding carboxylic acids is 3. The molecule has 3 amide bonds. The molecule has 148 valence electrons. The van der Waals surface area contributed by atoms with Gasteiger partial charge in [-0.2, -0.15) is 0 Å². The fraction of sp³-hybridized carbons (Fsp3) is 0.227. The Bertz CT molecular complexity index is 1010. The van der Waals surface area contributed by atoms with Crippen LogP contribution in [-0.4, -0.2) is 24.8 Å². The van der Waals surface area contributed by atoms with Crippen molar-refractivity contribution < 1.29 is 19.1 Å². The molecule has 1 saturated heterocycles. The maximum atomic E-state index is 12.8. The van der Waals surface area contributed by atoms with Gasteiger partial charge in [0.15, 0.2) is 0 Å². The van der Waals surface area contributed by atoms with E-state index in [1.807, 2.05) is 12.2 Å². The Balaban J connectivity index is 1.60. The zero-order chi connectivity index (χ0) is 20.5. The summed E-state index contributed by atoms with van der Waals surface area (Å²) in [5, 5.41) is 3.22. The second-order valence-corrected chi connectivity index (χ2v) is 7.45. The van der Waals surface area contributed by atoms with E-state index in [0.717, 1.165) is 0 Å². The molecule has 1 fully saturated rings. The Labute approximate surface area is 173 Å². The lowest BCUT2D eigenvalue weighted by Gasteiger charge is -2.16. The molecule has 0 bridgehead atoms. The molecule has 29 heavy (non-hydrogen) atoms. The number of rotatable bonds is 4. The zero-order valence-corrected chi connectivity index (χ0v) is 16.5. The molecule has 2 aromatic carbocycles. The highest BCUT2D eigenvalue weighted by Crippen LogP contribution is 2.38. The number of halogens is 1. The van der Waals surface area contributed by atoms with Crippen molar-refractivity contribution in [2.45, 2.75) is 12.8 Å². The van der Waals surface area contributed by atoms with Crippen molar-refractivity contribution in [2.75, 3.05) is 17.3 Å². The average Bonchev–Trinajstić information content (AvgIpc) is 2.99. The van der Waals surface area contributed by atoms with Gasteiger partial charge in [-0.05, 0) is 49.2 Å². The summed E-state index contributed by atoms with van der Waals surface area (Å²) in [5.41, 5.74) is 1.15. The van der Waals surface area contributed by atoms with Crippen LogP contribution in [0.1, 0.15) is 23.2 Å². The highest BCUT2D eigenvalue weighted by Gasteiger charge is 2.47. The molecule has 0 radical (unpaired) electrons. The third-order valence-electron chi connectivity index (χ3n) is 5.28. The number of fused-ring (bicyclic) bond motifs is 1. The van der Waals surface area contributed by atoms with Gasteiger partial charge in [0.2, 0.25) is 11.8 Å². The summed E-state index contributed by atoms with van der Waals surface area (Å²) in [6.07, 6.45) is 5.02. The zero-order valence-electron chi connectivity index (χ0n) is 15.7. The van der Waals surface area contributed by atoms with Gasteiger partial charge < -0.3 is 10.1 Å². The third kappa shape index (κ3) is 3.51. The molecular formula is C22H19ClN2O4. The first-order valence-corrected chi connectivity index (χ1v) is 9.65. The first kappa shape index (κ1) is 19.2. The molecule has 2 atom stereocenters. The highest BCUT2D eigenvalue weighted by molar-refractivity contribution is 6.31. The molecule has 1 aliphatic carbocycles. The van der Waals surface area contributed by atoms with Crippen molar-refractivity contribution in [1.29, 1.82) is 0 Å². The first-order chi connectivity index (χ1) is 14.0. The van der Waals surface area contributed by atoms with Crippen molar-refractivity contribution in [2.24, 2.45) is 11.8 Å². The Morgan fingerprint density at radius 3 is 2.41 bits per heavy atom. The van der Waals surface area contributed by atoms with E-state index in [2.05, 4.69) is 5.32 Å². The van der Waals surface area contributed by atoms with Gasteiger partial charge in [-0.25, -0.2) is 0 Å². The molecule has 0 unspecified atom stereocenters. The Morgan fingerprint density at radius 2 is 1.76 bits per heavy atom. The molecule has 6 nitrogen and oxygen atoms in total. The molecule has 1 heterocycles. The number of methoxy groups -OCH3 is 1. The minimum Gasteiger partial charge on any atom is -0.495 e. The Hall–Kier alpha value is -3.12. The van der Waals surface area contributed by atoms with Crippen LogP contribution in [0.25, 0.3) is 0 Å². The van der Waals surface area contributed by atoms with Crippen molar-refractivity contribution in [3.05, 3.63) is 65.2 Å². The molecular weight excluding hydrogens is 392 g/mol. The molecule has 1 N–H and O–H groups in total. The lowest BCUT2D eigenvalue weighted by atomic mass is 9.85. The van der Waals surface area contributed by atoms with Crippen molar-refractivity contribution in [1.82, 2.24) is 0 Å². The monoisotopic (exact) mass is 410 g/mol. The van der Waals surface area contributed by atoms with E-state index in [4.69, 9.17) is 16.3 Å². The van der Waals surface area contributed by atoms with Gasteiger partial charge in [0.25, 0.3) is 5.91 Å². The maximum Gasteiger partial charge on any atom is 0.255 e. The summed E-state index contributed by atoms with van der Waals surface area (Å²) >= 11 is 6.01. The molecule has 0 saturated carbocycles. The van der Waals surface area contributed by atoms with E-state index in [-0.39, 0.29) is 23.7 Å². The fourth-order valence-electron chi connectivity index (χ4n) is 3.81. The molecule has 2 aliphatic rings. The van der Waals surface area contributed by atoms with Gasteiger partial charge in [-0.15, -0.1) is 0 Å². The minimum atomic E-state index is -0.398. The molecule has 1 aliphatic heterocycles. The number of ether oxygens (including phenoxy) is 1. The number of imide groups is 1. The Kier molecular flexibility index (Phi) is 5.11. The van der Waals surface area contributed by atoms with Gasteiger partial charge in [-0.1, -0.05) is 29.8 Å². The molecule has 2 aromatic rings. The van der Waals surface area contributed by atoms with Crippen molar-refractivity contribution in [3.8, 4) is 5.75 Å². The quantitative estimate of drug-likeness (QED) is 0.609. The predicted molar refractivity (Wildman–Crippen MR) is 110 cm³/mol. The van der Waals surface area contributed by atoms with Gasteiger partial charge in [-0.3, -0.25) is 19.3 Å². The van der Waals surface area contributed by atoms with E-state index in [0.29, 0.717) is 40.6 Å². The van der Waals surface area contributed by atoms with E-state index in [9.17, 15) is 14.4 Å². The van der Waals surface area contributed by atoms with Crippen LogP contribution in [0, 0.1) is 11.8 Å². The van der Waals surface area contributed by atoms with E-state index < -0.39 is 5.91 Å². The second kappa shape index (κ2) is 7.72. The standard InChI is InChI=1S/C22H19ClN2O4/c1-29-19-10-9-14(23)12-18(19)24-20(26)13-5-4-6-15(11-13)25-21(27)16-7-2-3-8-17(16)22(25)28/h2-6,9-12,16-17H,7-8H2,1H3,(H,24,26)/t16-,17+. The highest BCUT2D eigenvalue weighted by atomic mass is 35.5. The molecule has 7 heteroatoms. The SMILES string of the molecule is COc1ccc(Cl)cc1NC(=O)c1cccc(N2C(=O)[C@H]3CC=CC[C@H]3C2=O)c1. The van der Waals surface area contributed by atoms with E-state index in [1.54, 1.807) is 42.5 Å². The number of nitrogens with zero attached hydrogens (tertiary/aromatic N) is 1. The molecule has 0 spiro atoms. The molecule has 0 aromatic heterocycles. The summed E-state index contributed by atoms with van der Waals surface area (Å²) < 4.78 is 5.25. The van der Waals surface area contributed by atoms with Crippen LogP contribution in [0.5, 0.6) is 5.75 Å². The summed E-state index contributed by atoms with van der Waals surface area (Å²) in [6.45, 7) is 0. The number of hydrogen-bond donors (Lipinski definition) is 1. The van der Waals surface area contributed by atoms with Crippen LogP contribution in [0.3, 0.4) is 0 Å². The van der Waals surface area contributed by atoms with Crippen LogP contribution in [0.15, 0.2) is 54.6 Å². The van der Waals surface area contributed by atoms with Crippen molar-refractivity contribution in [3.63, 3.8) is 0 Å². The number of anilines is 2. The van der Waals surface area contributed by atoms with Crippen LogP contribution in [0.4, 0.5) is 11.4 Å². The van der Waals surface area contributed by atoms with Crippen molar-refractivity contribution >= 4 is 40.7 Å². The second-order valence-electron chi connectivity index (χ2n) is 7.02. The van der Waals surface area contributed by atoms with Gasteiger partial charge in [0, 0.05) is 10.6 Å². The number of amides is 3. The smallest absolute Gasteiger partial charge is 0.255 e. The lowest BCUT2D eigenvalue weighted by Crippen LogP contribution is -2.31. The maximum absolute atomic E-state index is 12.8. The minimum absolute atomic E-state index is 0.210. The van der Waals surface area contributed by atoms with E-state index >= 15 is 0 Å².